The van der Waals surface area contributed by atoms with Crippen molar-refractivity contribution in [1.29, 1.82) is 5.41 Å². The molecular weight excluding hydrogens is 478 g/mol. The first-order valence-corrected chi connectivity index (χ1v) is 13.6. The lowest BCUT2D eigenvalue weighted by Crippen LogP contribution is -2.13. The van der Waals surface area contributed by atoms with E-state index in [1.165, 1.54) is 0 Å². The van der Waals surface area contributed by atoms with Crippen LogP contribution in [0.3, 0.4) is 0 Å². The van der Waals surface area contributed by atoms with Gasteiger partial charge in [0.25, 0.3) is 0 Å². The van der Waals surface area contributed by atoms with Gasteiger partial charge in [-0.3, -0.25) is 5.41 Å². The molecule has 4 rings (SSSR count). The number of aromatic hydroxyl groups is 2. The lowest BCUT2D eigenvalue weighted by Gasteiger charge is -2.26. The molecule has 0 aliphatic carbocycles. The van der Waals surface area contributed by atoms with Crippen molar-refractivity contribution in [2.75, 3.05) is 0 Å². The molecular formula is C36H41NO2. The first-order valence-electron chi connectivity index (χ1n) is 13.6. The van der Waals surface area contributed by atoms with Gasteiger partial charge in [-0.25, -0.2) is 0 Å². The highest BCUT2D eigenvalue weighted by molar-refractivity contribution is 6.19. The van der Waals surface area contributed by atoms with Crippen molar-refractivity contribution in [1.82, 2.24) is 0 Å². The number of phenolic OH excluding ortho intramolecular Hbond substituents is 2. The molecule has 0 aliphatic rings. The summed E-state index contributed by atoms with van der Waals surface area (Å²) in [6, 6.07) is 21.9. The van der Waals surface area contributed by atoms with Crippen LogP contribution in [0, 0.1) is 26.2 Å². The van der Waals surface area contributed by atoms with Crippen molar-refractivity contribution in [2.45, 2.75) is 73.1 Å². The molecule has 3 N–H and O–H groups in total. The fourth-order valence-corrected chi connectivity index (χ4v) is 5.34. The van der Waals surface area contributed by atoms with E-state index in [0.717, 1.165) is 44.5 Å². The summed E-state index contributed by atoms with van der Waals surface area (Å²) < 4.78 is 0. The standard InChI is InChI=1S/C36H41NO2/c1-21-15-25(27-17-22(2)19-29(33(27)38)35(4,5)6)31(32(37)24-13-11-10-12-14-24)26(16-21)28-18-23(3)20-30(34(28)39)36(7,8)9/h10-20,37-39H,1-9H3. The van der Waals surface area contributed by atoms with E-state index < -0.39 is 0 Å². The summed E-state index contributed by atoms with van der Waals surface area (Å²) in [5.41, 5.74) is 9.05. The Morgan fingerprint density at radius 2 is 0.923 bits per heavy atom. The zero-order chi connectivity index (χ0) is 28.9. The summed E-state index contributed by atoms with van der Waals surface area (Å²) in [4.78, 5) is 0. The van der Waals surface area contributed by atoms with Crippen LogP contribution in [0.25, 0.3) is 22.3 Å². The van der Waals surface area contributed by atoms with E-state index in [1.807, 2.05) is 75.4 Å². The summed E-state index contributed by atoms with van der Waals surface area (Å²) in [5, 5.41) is 32.8. The van der Waals surface area contributed by atoms with Gasteiger partial charge in [0.1, 0.15) is 11.5 Å². The lowest BCUT2D eigenvalue weighted by atomic mass is 9.79. The molecule has 0 heterocycles. The fourth-order valence-electron chi connectivity index (χ4n) is 5.34. The minimum Gasteiger partial charge on any atom is -0.507 e. The second-order valence-electron chi connectivity index (χ2n) is 12.9. The topological polar surface area (TPSA) is 64.3 Å². The van der Waals surface area contributed by atoms with Gasteiger partial charge < -0.3 is 10.2 Å². The van der Waals surface area contributed by atoms with Gasteiger partial charge in [-0.1, -0.05) is 96.1 Å². The normalized spacial score (nSPS) is 12.0. The smallest absolute Gasteiger partial charge is 0.127 e. The quantitative estimate of drug-likeness (QED) is 0.235. The third kappa shape index (κ3) is 5.49. The second-order valence-corrected chi connectivity index (χ2v) is 12.9. The maximum Gasteiger partial charge on any atom is 0.127 e. The summed E-state index contributed by atoms with van der Waals surface area (Å²) in [7, 11) is 0. The molecule has 0 radical (unpaired) electrons. The minimum absolute atomic E-state index is 0.232. The van der Waals surface area contributed by atoms with Crippen LogP contribution in [0.5, 0.6) is 11.5 Å². The Balaban J connectivity index is 2.18. The van der Waals surface area contributed by atoms with E-state index >= 15 is 0 Å². The minimum atomic E-state index is -0.263. The number of phenols is 2. The van der Waals surface area contributed by atoms with Gasteiger partial charge >= 0.3 is 0 Å². The molecule has 0 bridgehead atoms. The predicted octanol–water partition coefficient (Wildman–Crippen LogP) is 9.37. The van der Waals surface area contributed by atoms with Gasteiger partial charge in [0.05, 0.1) is 5.71 Å². The summed E-state index contributed by atoms with van der Waals surface area (Å²) in [6.07, 6.45) is 0. The Morgan fingerprint density at radius 3 is 1.31 bits per heavy atom. The molecule has 4 aromatic rings. The molecule has 0 fully saturated rings. The molecule has 0 amide bonds. The highest BCUT2D eigenvalue weighted by atomic mass is 16.3. The van der Waals surface area contributed by atoms with Gasteiger partial charge in [0, 0.05) is 33.4 Å². The van der Waals surface area contributed by atoms with Crippen LogP contribution in [-0.4, -0.2) is 15.9 Å². The Labute approximate surface area is 233 Å². The van der Waals surface area contributed by atoms with Crippen LogP contribution in [0.2, 0.25) is 0 Å². The molecule has 0 aliphatic heterocycles. The van der Waals surface area contributed by atoms with E-state index in [9.17, 15) is 15.6 Å². The van der Waals surface area contributed by atoms with E-state index in [2.05, 4.69) is 53.7 Å². The average Bonchev–Trinajstić information content (AvgIpc) is 2.84. The number of nitrogens with one attached hydrogen (secondary N) is 1. The monoisotopic (exact) mass is 519 g/mol. The molecule has 3 nitrogen and oxygen atoms in total. The largest absolute Gasteiger partial charge is 0.507 e. The summed E-state index contributed by atoms with van der Waals surface area (Å²) in [5.74, 6) is 0.464. The van der Waals surface area contributed by atoms with Crippen LogP contribution >= 0.6 is 0 Å². The Morgan fingerprint density at radius 1 is 0.564 bits per heavy atom. The molecule has 0 saturated carbocycles. The highest BCUT2D eigenvalue weighted by Crippen LogP contribution is 2.46. The van der Waals surface area contributed by atoms with Crippen LogP contribution in [0.1, 0.15) is 80.5 Å². The lowest BCUT2D eigenvalue weighted by molar-refractivity contribution is 0.448. The van der Waals surface area contributed by atoms with Crippen molar-refractivity contribution in [3.8, 4) is 33.8 Å². The van der Waals surface area contributed by atoms with Crippen molar-refractivity contribution in [2.24, 2.45) is 0 Å². The first kappa shape index (κ1) is 28.2. The molecule has 0 atom stereocenters. The summed E-state index contributed by atoms with van der Waals surface area (Å²) >= 11 is 0. The van der Waals surface area contributed by atoms with E-state index in [1.54, 1.807) is 0 Å². The number of aryl methyl sites for hydroxylation is 3. The summed E-state index contributed by atoms with van der Waals surface area (Å²) in [6.45, 7) is 18.7. The van der Waals surface area contributed by atoms with Crippen molar-refractivity contribution in [3.63, 3.8) is 0 Å². The second kappa shape index (κ2) is 10.0. The molecule has 0 aromatic heterocycles. The van der Waals surface area contributed by atoms with Gasteiger partial charge in [0.2, 0.25) is 0 Å². The fraction of sp³-hybridized carbons (Fsp3) is 0.306. The molecule has 202 valence electrons. The predicted molar refractivity (Wildman–Crippen MR) is 165 cm³/mol. The highest BCUT2D eigenvalue weighted by Gasteiger charge is 2.28. The van der Waals surface area contributed by atoms with Crippen molar-refractivity contribution in [3.05, 3.63) is 106 Å². The third-order valence-corrected chi connectivity index (χ3v) is 7.30. The Bertz CT molecular complexity index is 1470. The number of benzene rings is 4. The Hall–Kier alpha value is -3.85. The SMILES string of the molecule is Cc1cc(-c2cc(C)cc(C(C)(C)C)c2O)c(C(=N)c2ccccc2)c(-c2cc(C)cc(C(C)(C)C)c2O)c1. The van der Waals surface area contributed by atoms with Crippen LogP contribution in [-0.2, 0) is 10.8 Å². The van der Waals surface area contributed by atoms with E-state index in [4.69, 9.17) is 0 Å². The molecule has 39 heavy (non-hydrogen) atoms. The average molecular weight is 520 g/mol. The number of hydrogen-bond acceptors (Lipinski definition) is 3. The number of rotatable bonds is 4. The maximum absolute atomic E-state index is 11.7. The van der Waals surface area contributed by atoms with E-state index in [-0.39, 0.29) is 22.3 Å². The van der Waals surface area contributed by atoms with E-state index in [0.29, 0.717) is 22.4 Å². The van der Waals surface area contributed by atoms with Gasteiger partial charge in [0.15, 0.2) is 0 Å². The number of hydrogen-bond donors (Lipinski definition) is 3. The molecule has 0 saturated heterocycles. The van der Waals surface area contributed by atoms with Crippen LogP contribution < -0.4 is 0 Å². The Kier molecular flexibility index (Phi) is 7.25. The van der Waals surface area contributed by atoms with Gasteiger partial charge in [-0.15, -0.1) is 0 Å². The molecule has 0 spiro atoms. The zero-order valence-electron chi connectivity index (χ0n) is 24.7. The van der Waals surface area contributed by atoms with Crippen LogP contribution in [0.15, 0.2) is 66.7 Å². The van der Waals surface area contributed by atoms with Gasteiger partial charge in [-0.05, 0) is 71.6 Å². The van der Waals surface area contributed by atoms with Gasteiger partial charge in [-0.2, -0.15) is 0 Å². The first-order chi connectivity index (χ1) is 18.1. The molecule has 0 unspecified atom stereocenters. The third-order valence-electron chi connectivity index (χ3n) is 7.30. The molecule has 3 heteroatoms. The zero-order valence-corrected chi connectivity index (χ0v) is 24.7. The van der Waals surface area contributed by atoms with Crippen LogP contribution in [0.4, 0.5) is 0 Å². The molecule has 4 aromatic carbocycles. The van der Waals surface area contributed by atoms with Crippen molar-refractivity contribution < 1.29 is 10.2 Å². The van der Waals surface area contributed by atoms with Crippen molar-refractivity contribution >= 4 is 5.71 Å². The maximum atomic E-state index is 11.7.